The molecule has 0 amide bonds. The zero-order valence-electron chi connectivity index (χ0n) is 22.0. The molecule has 0 aromatic heterocycles. The Labute approximate surface area is 205 Å². The molecule has 2 N–H and O–H groups in total. The molecule has 34 heavy (non-hydrogen) atoms. The second-order valence-corrected chi connectivity index (χ2v) is 11.9. The summed E-state index contributed by atoms with van der Waals surface area (Å²) >= 11 is 0. The van der Waals surface area contributed by atoms with E-state index in [4.69, 9.17) is 5.41 Å². The molecule has 184 valence electrons. The fraction of sp³-hybridized carbons (Fsp3) is 0.533. The summed E-state index contributed by atoms with van der Waals surface area (Å²) in [4.78, 5) is 15.7. The van der Waals surface area contributed by atoms with Crippen LogP contribution in [0, 0.1) is 11.3 Å². The lowest BCUT2D eigenvalue weighted by Crippen LogP contribution is -2.38. The summed E-state index contributed by atoms with van der Waals surface area (Å²) in [7, 11) is 0. The first-order chi connectivity index (χ1) is 15.8. The lowest BCUT2D eigenvalue weighted by atomic mass is 9.78. The van der Waals surface area contributed by atoms with Gasteiger partial charge in [-0.3, -0.25) is 10.2 Å². The number of carbonyl (C=O) groups excluding carboxylic acids is 1. The number of ketones is 1. The predicted octanol–water partition coefficient (Wildman–Crippen LogP) is 6.88. The maximum Gasteiger partial charge on any atom is 0.182 e. The number of nitrogens with one attached hydrogen (secondary N) is 1. The lowest BCUT2D eigenvalue weighted by molar-refractivity contribution is 0.0950. The summed E-state index contributed by atoms with van der Waals surface area (Å²) < 4.78 is 0. The van der Waals surface area contributed by atoms with Gasteiger partial charge in [-0.15, -0.1) is 0 Å². The van der Waals surface area contributed by atoms with Crippen LogP contribution in [0.4, 0.5) is 0 Å². The van der Waals surface area contributed by atoms with Crippen LogP contribution >= 0.6 is 0 Å². The van der Waals surface area contributed by atoms with Gasteiger partial charge < -0.3 is 10.0 Å². The zero-order valence-corrected chi connectivity index (χ0v) is 22.0. The van der Waals surface area contributed by atoms with Gasteiger partial charge in [-0.2, -0.15) is 0 Å². The van der Waals surface area contributed by atoms with Crippen LogP contribution in [0.25, 0.3) is 0 Å². The molecule has 3 rings (SSSR count). The molecule has 0 saturated carbocycles. The van der Waals surface area contributed by atoms with Crippen LogP contribution in [0.3, 0.4) is 0 Å². The molecule has 0 unspecified atom stereocenters. The fourth-order valence-corrected chi connectivity index (χ4v) is 5.08. The van der Waals surface area contributed by atoms with Crippen LogP contribution in [0.2, 0.25) is 0 Å². The quantitative estimate of drug-likeness (QED) is 0.441. The van der Waals surface area contributed by atoms with E-state index in [0.717, 1.165) is 36.8 Å². The average molecular weight is 463 g/mol. The molecule has 1 aliphatic heterocycles. The summed E-state index contributed by atoms with van der Waals surface area (Å²) in [5.74, 6) is 1.03. The summed E-state index contributed by atoms with van der Waals surface area (Å²) in [6.45, 7) is 14.7. The van der Waals surface area contributed by atoms with Crippen LogP contribution in [0.5, 0.6) is 5.75 Å². The van der Waals surface area contributed by atoms with Crippen LogP contribution in [-0.2, 0) is 17.3 Å². The minimum Gasteiger partial charge on any atom is -0.507 e. The first kappa shape index (κ1) is 26.0. The van der Waals surface area contributed by atoms with Crippen molar-refractivity contribution in [2.45, 2.75) is 91.0 Å². The van der Waals surface area contributed by atoms with E-state index in [1.807, 2.05) is 35.2 Å². The van der Waals surface area contributed by atoms with E-state index in [2.05, 4.69) is 60.6 Å². The Morgan fingerprint density at radius 1 is 1.03 bits per heavy atom. The molecule has 1 fully saturated rings. The molecule has 2 aromatic rings. The normalized spacial score (nSPS) is 19.0. The predicted molar refractivity (Wildman–Crippen MR) is 141 cm³/mol. The third kappa shape index (κ3) is 5.71. The van der Waals surface area contributed by atoms with Gasteiger partial charge in [-0.25, -0.2) is 0 Å². The van der Waals surface area contributed by atoms with Crippen molar-refractivity contribution in [1.29, 1.82) is 5.41 Å². The second-order valence-electron chi connectivity index (χ2n) is 11.9. The topological polar surface area (TPSA) is 64.4 Å². The number of likely N-dealkylation sites (tertiary alicyclic amines) is 1. The lowest BCUT2D eigenvalue weighted by Gasteiger charge is -2.29. The molecule has 4 heteroatoms. The van der Waals surface area contributed by atoms with E-state index in [9.17, 15) is 9.90 Å². The van der Waals surface area contributed by atoms with E-state index in [1.165, 1.54) is 5.56 Å². The molecule has 1 aliphatic rings. The van der Waals surface area contributed by atoms with E-state index < -0.39 is 0 Å². The zero-order chi connectivity index (χ0) is 25.3. The van der Waals surface area contributed by atoms with Gasteiger partial charge in [-0.1, -0.05) is 85.2 Å². The number of hydrogen-bond donors (Lipinski definition) is 2. The summed E-state index contributed by atoms with van der Waals surface area (Å²) in [5, 5.41) is 20.0. The van der Waals surface area contributed by atoms with Crippen LogP contribution in [0.1, 0.15) is 94.8 Å². The van der Waals surface area contributed by atoms with Gasteiger partial charge in [-0.05, 0) is 47.8 Å². The fourth-order valence-electron chi connectivity index (χ4n) is 5.08. The molecule has 1 heterocycles. The molecule has 2 aromatic carbocycles. The van der Waals surface area contributed by atoms with E-state index in [1.54, 1.807) is 0 Å². The maximum atomic E-state index is 13.6. The minimum absolute atomic E-state index is 0.0159. The summed E-state index contributed by atoms with van der Waals surface area (Å²) in [6, 6.07) is 14.3. The van der Waals surface area contributed by atoms with Gasteiger partial charge in [0, 0.05) is 28.7 Å². The molecule has 0 bridgehead atoms. The monoisotopic (exact) mass is 462 g/mol. The molecule has 0 spiro atoms. The van der Waals surface area contributed by atoms with Crippen molar-refractivity contribution in [3.63, 3.8) is 0 Å². The Morgan fingerprint density at radius 3 is 2.09 bits per heavy atom. The Kier molecular flexibility index (Phi) is 7.59. The average Bonchev–Trinajstić information content (AvgIpc) is 3.02. The van der Waals surface area contributed by atoms with Gasteiger partial charge >= 0.3 is 0 Å². The third-order valence-electron chi connectivity index (χ3n) is 7.00. The van der Waals surface area contributed by atoms with Crippen LogP contribution in [0.15, 0.2) is 42.5 Å². The number of phenolic OH excluding ortho intramolecular Hbond substituents is 1. The van der Waals surface area contributed by atoms with Crippen molar-refractivity contribution in [3.8, 4) is 5.75 Å². The Bertz CT molecular complexity index is 993. The van der Waals surface area contributed by atoms with Crippen molar-refractivity contribution in [1.82, 2.24) is 4.90 Å². The Hall–Kier alpha value is -2.62. The first-order valence-corrected chi connectivity index (χ1v) is 12.6. The van der Waals surface area contributed by atoms with Gasteiger partial charge in [0.15, 0.2) is 5.78 Å². The van der Waals surface area contributed by atoms with Crippen LogP contribution < -0.4 is 0 Å². The molecule has 0 aliphatic carbocycles. The highest BCUT2D eigenvalue weighted by Gasteiger charge is 2.37. The van der Waals surface area contributed by atoms with E-state index in [-0.39, 0.29) is 40.9 Å². The molecular formula is C30H42N2O2. The van der Waals surface area contributed by atoms with Crippen molar-refractivity contribution < 1.29 is 9.90 Å². The highest BCUT2D eigenvalue weighted by atomic mass is 16.3. The smallest absolute Gasteiger partial charge is 0.182 e. The van der Waals surface area contributed by atoms with Crippen LogP contribution in [-0.4, -0.2) is 34.2 Å². The number of nitrogens with zero attached hydrogens (tertiary/aromatic N) is 1. The molecule has 0 radical (unpaired) electrons. The third-order valence-corrected chi connectivity index (χ3v) is 7.00. The number of hydrogen-bond acceptors (Lipinski definition) is 3. The summed E-state index contributed by atoms with van der Waals surface area (Å²) in [6.07, 6.45) is 3.77. The van der Waals surface area contributed by atoms with Crippen molar-refractivity contribution >= 4 is 11.6 Å². The maximum absolute atomic E-state index is 13.6. The van der Waals surface area contributed by atoms with E-state index in [0.29, 0.717) is 11.4 Å². The second kappa shape index (κ2) is 9.93. The first-order valence-electron chi connectivity index (χ1n) is 12.6. The largest absolute Gasteiger partial charge is 0.507 e. The number of carbonyl (C=O) groups is 1. The van der Waals surface area contributed by atoms with Crippen molar-refractivity contribution in [2.24, 2.45) is 5.92 Å². The number of benzene rings is 2. The number of amidine groups is 1. The minimum atomic E-state index is -0.285. The number of Topliss-reactive ketones (excluding diaryl/α,β-unsaturated/α-hetero) is 1. The van der Waals surface area contributed by atoms with Gasteiger partial charge in [0.1, 0.15) is 5.75 Å². The van der Waals surface area contributed by atoms with Crippen molar-refractivity contribution in [2.75, 3.05) is 6.54 Å². The Morgan fingerprint density at radius 2 is 1.59 bits per heavy atom. The van der Waals surface area contributed by atoms with Gasteiger partial charge in [0.05, 0.1) is 12.4 Å². The number of phenols is 1. The number of rotatable bonds is 7. The molecule has 2 atom stereocenters. The molecule has 4 nitrogen and oxygen atoms in total. The highest BCUT2D eigenvalue weighted by molar-refractivity contribution is 6.01. The Balaban J connectivity index is 1.90. The number of aromatic hydroxyl groups is 1. The standard InChI is InChI=1S/C30H42N2O2/c1-8-12-23-16-22(15-20-13-10-9-11-14-20)28(31)32(23)19-26(33)21-17-24(29(2,3)4)27(34)25(18-21)30(5,6)7/h9-11,13-14,17-18,22-23,31,34H,8,12,15-16,19H2,1-7H3/t22-,23+/m0/s1. The SMILES string of the molecule is CCC[C@@H]1C[C@H](Cc2ccccc2)C(=N)N1CC(=O)c1cc(C(C)(C)C)c(O)c(C(C)(C)C)c1. The van der Waals surface area contributed by atoms with Crippen molar-refractivity contribution in [3.05, 3.63) is 64.7 Å². The van der Waals surface area contributed by atoms with Gasteiger partial charge in [0.25, 0.3) is 0 Å². The summed E-state index contributed by atoms with van der Waals surface area (Å²) in [5.41, 5.74) is 2.89. The molecule has 1 saturated heterocycles. The highest BCUT2D eigenvalue weighted by Crippen LogP contribution is 2.40. The van der Waals surface area contributed by atoms with E-state index >= 15 is 0 Å². The molecular weight excluding hydrogens is 420 g/mol. The van der Waals surface area contributed by atoms with Gasteiger partial charge in [0.2, 0.25) is 0 Å².